The maximum absolute atomic E-state index is 13.9. The van der Waals surface area contributed by atoms with E-state index >= 15 is 0 Å². The molecule has 0 aliphatic carbocycles. The molecule has 1 saturated heterocycles. The second kappa shape index (κ2) is 13.2. The second-order valence-electron chi connectivity index (χ2n) is 12.7. The van der Waals surface area contributed by atoms with E-state index in [0.717, 1.165) is 16.2 Å². The zero-order valence-electron chi connectivity index (χ0n) is 26.1. The molecule has 0 bridgehead atoms. The first kappa shape index (κ1) is 32.4. The van der Waals surface area contributed by atoms with Gasteiger partial charge in [-0.1, -0.05) is 75.0 Å². The van der Waals surface area contributed by atoms with Gasteiger partial charge in [-0.15, -0.1) is 0 Å². The second-order valence-corrected chi connectivity index (χ2v) is 18.6. The predicted molar refractivity (Wildman–Crippen MR) is 172 cm³/mol. The first-order chi connectivity index (χ1) is 20.9. The van der Waals surface area contributed by atoms with E-state index < -0.39 is 49.9 Å². The Hall–Kier alpha value is -2.99. The molecule has 44 heavy (non-hydrogen) atoms. The normalized spacial score (nSPS) is 24.0. The summed E-state index contributed by atoms with van der Waals surface area (Å²) in [6.07, 6.45) is -2.83. The molecule has 3 aromatic rings. The van der Waals surface area contributed by atoms with E-state index in [2.05, 4.69) is 33.9 Å². The number of rotatable bonds is 10. The third-order valence-corrected chi connectivity index (χ3v) is 14.3. The SMILES string of the molecule is COc1ccc(COC[C@H]2O[C@@H](Sc3ccccc3)[C@H](N3C(=O)c4ccccc4C3=O)[C@@H](O[Si](C)(C)C(C)(C)C)[C@@H]2O)cc1. The van der Waals surface area contributed by atoms with Crippen molar-refractivity contribution in [2.45, 2.75) is 80.2 Å². The minimum absolute atomic E-state index is 0.0885. The Kier molecular flexibility index (Phi) is 9.69. The summed E-state index contributed by atoms with van der Waals surface area (Å²) >= 11 is 1.41. The first-order valence-corrected chi connectivity index (χ1v) is 18.6. The fourth-order valence-electron chi connectivity index (χ4n) is 5.19. The van der Waals surface area contributed by atoms with Gasteiger partial charge in [0.15, 0.2) is 8.32 Å². The van der Waals surface area contributed by atoms with Crippen LogP contribution in [0.15, 0.2) is 83.8 Å². The minimum Gasteiger partial charge on any atom is -0.497 e. The number of ether oxygens (including phenoxy) is 3. The predicted octanol–water partition coefficient (Wildman–Crippen LogP) is 6.15. The molecule has 0 saturated carbocycles. The fraction of sp³-hybridized carbons (Fsp3) is 0.412. The molecule has 5 rings (SSSR count). The molecular formula is C34H41NO7SSi. The molecule has 234 valence electrons. The lowest BCUT2D eigenvalue weighted by atomic mass is 9.96. The number of thioether (sulfide) groups is 1. The van der Waals surface area contributed by atoms with E-state index in [0.29, 0.717) is 17.7 Å². The van der Waals surface area contributed by atoms with Crippen molar-refractivity contribution >= 4 is 31.9 Å². The van der Waals surface area contributed by atoms with Crippen LogP contribution in [0.4, 0.5) is 0 Å². The van der Waals surface area contributed by atoms with Crippen LogP contribution in [-0.4, -0.2) is 73.6 Å². The van der Waals surface area contributed by atoms with Gasteiger partial charge in [-0.25, -0.2) is 0 Å². The van der Waals surface area contributed by atoms with Crippen molar-refractivity contribution in [3.63, 3.8) is 0 Å². The summed E-state index contributed by atoms with van der Waals surface area (Å²) in [5.41, 5.74) is 0.898. The van der Waals surface area contributed by atoms with Gasteiger partial charge in [0.05, 0.1) is 37.6 Å². The Morgan fingerprint density at radius 1 is 0.909 bits per heavy atom. The van der Waals surface area contributed by atoms with Crippen LogP contribution in [0.1, 0.15) is 47.1 Å². The number of methoxy groups -OCH3 is 1. The molecular weight excluding hydrogens is 595 g/mol. The van der Waals surface area contributed by atoms with Crippen molar-refractivity contribution in [1.82, 2.24) is 4.90 Å². The van der Waals surface area contributed by atoms with Crippen LogP contribution in [0, 0.1) is 0 Å². The molecule has 1 N–H and O–H groups in total. The number of carbonyl (C=O) groups excluding carboxylic acids is 2. The first-order valence-electron chi connectivity index (χ1n) is 14.8. The van der Waals surface area contributed by atoms with Crippen LogP contribution < -0.4 is 4.74 Å². The average Bonchev–Trinajstić information content (AvgIpc) is 3.25. The lowest BCUT2D eigenvalue weighted by molar-refractivity contribution is -0.183. The number of amides is 2. The fourth-order valence-corrected chi connectivity index (χ4v) is 7.70. The number of aliphatic hydroxyl groups excluding tert-OH is 1. The number of imide groups is 1. The highest BCUT2D eigenvalue weighted by molar-refractivity contribution is 7.99. The van der Waals surface area contributed by atoms with E-state index in [1.807, 2.05) is 54.6 Å². The average molecular weight is 636 g/mol. The molecule has 0 radical (unpaired) electrons. The lowest BCUT2D eigenvalue weighted by Crippen LogP contribution is -2.67. The van der Waals surface area contributed by atoms with Gasteiger partial charge in [-0.2, -0.15) is 0 Å². The quantitative estimate of drug-likeness (QED) is 0.210. The highest BCUT2D eigenvalue weighted by atomic mass is 32.2. The molecule has 10 heteroatoms. The van der Waals surface area contributed by atoms with Gasteiger partial charge in [0.1, 0.15) is 29.4 Å². The smallest absolute Gasteiger partial charge is 0.262 e. The van der Waals surface area contributed by atoms with Gasteiger partial charge in [0.2, 0.25) is 0 Å². The van der Waals surface area contributed by atoms with Crippen molar-refractivity contribution in [1.29, 1.82) is 0 Å². The molecule has 3 aromatic carbocycles. The number of nitrogens with zero attached hydrogens (tertiary/aromatic N) is 1. The standard InChI is InChI=1S/C34H41NO7SSi/c1-34(2,3)44(5,6)42-30-28(35-31(37)25-14-10-11-15-26(25)32(35)38)33(43-24-12-8-7-9-13-24)41-27(29(30)36)21-40-20-22-16-18-23(39-4)19-17-22/h7-19,27-30,33,36H,20-21H2,1-6H3/t27-,28-,29-,30-,33+/m1/s1. The monoisotopic (exact) mass is 635 g/mol. The Bertz CT molecular complexity index is 1430. The number of fused-ring (bicyclic) bond motifs is 1. The van der Waals surface area contributed by atoms with Crippen LogP contribution in [0.3, 0.4) is 0 Å². The number of aliphatic hydroxyl groups is 1. The zero-order chi connectivity index (χ0) is 31.6. The largest absolute Gasteiger partial charge is 0.497 e. The minimum atomic E-state index is -2.52. The van der Waals surface area contributed by atoms with Crippen LogP contribution in [0.25, 0.3) is 0 Å². The van der Waals surface area contributed by atoms with Crippen molar-refractivity contribution < 1.29 is 33.3 Å². The molecule has 0 aromatic heterocycles. The van der Waals surface area contributed by atoms with Gasteiger partial charge in [0, 0.05) is 4.90 Å². The van der Waals surface area contributed by atoms with Gasteiger partial charge in [-0.05, 0) is 60.1 Å². The maximum Gasteiger partial charge on any atom is 0.262 e. The van der Waals surface area contributed by atoms with E-state index in [9.17, 15) is 14.7 Å². The highest BCUT2D eigenvalue weighted by Gasteiger charge is 2.56. The van der Waals surface area contributed by atoms with Crippen LogP contribution >= 0.6 is 11.8 Å². The maximum atomic E-state index is 13.9. The Balaban J connectivity index is 1.50. The Morgan fingerprint density at radius 3 is 2.07 bits per heavy atom. The Morgan fingerprint density at radius 2 is 1.50 bits per heavy atom. The van der Waals surface area contributed by atoms with Crippen LogP contribution in [-0.2, 0) is 20.5 Å². The van der Waals surface area contributed by atoms with Crippen molar-refractivity contribution in [2.24, 2.45) is 0 Å². The number of benzene rings is 3. The van der Waals surface area contributed by atoms with Crippen LogP contribution in [0.2, 0.25) is 18.1 Å². The van der Waals surface area contributed by atoms with Gasteiger partial charge in [0.25, 0.3) is 11.8 Å². The molecule has 2 heterocycles. The molecule has 1 fully saturated rings. The molecule has 8 nitrogen and oxygen atoms in total. The van der Waals surface area contributed by atoms with E-state index in [1.165, 1.54) is 16.7 Å². The van der Waals surface area contributed by atoms with Crippen molar-refractivity contribution in [3.05, 3.63) is 95.6 Å². The van der Waals surface area contributed by atoms with Gasteiger partial charge in [-0.3, -0.25) is 14.5 Å². The van der Waals surface area contributed by atoms with Gasteiger partial charge < -0.3 is 23.7 Å². The third-order valence-electron chi connectivity index (χ3n) is 8.71. The molecule has 0 spiro atoms. The summed E-state index contributed by atoms with van der Waals surface area (Å²) < 4.78 is 24.9. The molecule has 5 atom stereocenters. The molecule has 2 amide bonds. The number of hydrogen-bond donors (Lipinski definition) is 1. The summed E-state index contributed by atoms with van der Waals surface area (Å²) in [5, 5.41) is 11.8. The number of hydrogen-bond acceptors (Lipinski definition) is 8. The summed E-state index contributed by atoms with van der Waals surface area (Å²) in [6.45, 7) is 11.0. The lowest BCUT2D eigenvalue weighted by Gasteiger charge is -2.50. The van der Waals surface area contributed by atoms with Crippen molar-refractivity contribution in [3.8, 4) is 5.75 Å². The van der Waals surface area contributed by atoms with Crippen LogP contribution in [0.5, 0.6) is 5.75 Å². The molecule has 2 aliphatic heterocycles. The summed E-state index contributed by atoms with van der Waals surface area (Å²) in [6, 6.07) is 23.2. The summed E-state index contributed by atoms with van der Waals surface area (Å²) in [4.78, 5) is 29.9. The van der Waals surface area contributed by atoms with E-state index in [4.69, 9.17) is 18.6 Å². The topological polar surface area (TPSA) is 94.5 Å². The Labute approximate surface area is 264 Å². The molecule has 0 unspecified atom stereocenters. The summed E-state index contributed by atoms with van der Waals surface area (Å²) in [7, 11) is -0.902. The summed E-state index contributed by atoms with van der Waals surface area (Å²) in [5.74, 6) is -0.0726. The van der Waals surface area contributed by atoms with Crippen molar-refractivity contribution in [2.75, 3.05) is 13.7 Å². The van der Waals surface area contributed by atoms with Gasteiger partial charge >= 0.3 is 0 Å². The van der Waals surface area contributed by atoms with E-state index in [1.54, 1.807) is 31.4 Å². The third kappa shape index (κ3) is 6.66. The highest BCUT2D eigenvalue weighted by Crippen LogP contribution is 2.44. The molecule has 2 aliphatic rings. The zero-order valence-corrected chi connectivity index (χ0v) is 27.9. The van der Waals surface area contributed by atoms with E-state index in [-0.39, 0.29) is 11.6 Å². The number of carbonyl (C=O) groups is 2.